The molecular formula is C25H29Cl4N5O. The van der Waals surface area contributed by atoms with Crippen LogP contribution in [0, 0.1) is 0 Å². The summed E-state index contributed by atoms with van der Waals surface area (Å²) in [6, 6.07) is 15.8. The van der Waals surface area contributed by atoms with Gasteiger partial charge in [-0.05, 0) is 37.6 Å². The molecule has 0 spiro atoms. The Bertz CT molecular complexity index is 1310. The van der Waals surface area contributed by atoms with Gasteiger partial charge in [0, 0.05) is 44.3 Å². The molecule has 6 nitrogen and oxygen atoms in total. The molecule has 1 saturated heterocycles. The van der Waals surface area contributed by atoms with Gasteiger partial charge in [-0.25, -0.2) is 4.98 Å². The van der Waals surface area contributed by atoms with Crippen molar-refractivity contribution in [3.05, 3.63) is 76.4 Å². The molecule has 4 aromatic rings. The molecule has 35 heavy (non-hydrogen) atoms. The lowest BCUT2D eigenvalue weighted by molar-refractivity contribution is 0.251. The number of para-hydroxylation sites is 2. The number of nitrogens with zero attached hydrogens (tertiary/aromatic N) is 5. The highest BCUT2D eigenvalue weighted by Crippen LogP contribution is 2.26. The number of benzene rings is 2. The maximum atomic E-state index is 12.9. The molecule has 3 heterocycles. The van der Waals surface area contributed by atoms with Crippen LogP contribution < -0.4 is 10.5 Å². The highest BCUT2D eigenvalue weighted by Gasteiger charge is 2.18. The summed E-state index contributed by atoms with van der Waals surface area (Å²) < 4.78 is 1.72. The Hall–Kier alpha value is -2.09. The molecule has 0 atom stereocenters. The van der Waals surface area contributed by atoms with Gasteiger partial charge in [0.2, 0.25) is 0 Å². The Morgan fingerprint density at radius 2 is 1.49 bits per heavy atom. The molecular weight excluding hydrogens is 528 g/mol. The number of aryl methyl sites for hydroxylation is 1. The minimum atomic E-state index is -0.0124. The Morgan fingerprint density at radius 3 is 2.26 bits per heavy atom. The largest absolute Gasteiger partial charge is 0.368 e. The number of halogens is 4. The molecule has 0 amide bonds. The van der Waals surface area contributed by atoms with E-state index >= 15 is 0 Å². The number of aromatic nitrogens is 3. The summed E-state index contributed by atoms with van der Waals surface area (Å²) in [4.78, 5) is 26.8. The van der Waals surface area contributed by atoms with E-state index in [0.29, 0.717) is 11.9 Å². The smallest absolute Gasteiger partial charge is 0.262 e. The van der Waals surface area contributed by atoms with Crippen molar-refractivity contribution in [3.63, 3.8) is 0 Å². The molecule has 0 radical (unpaired) electrons. The summed E-state index contributed by atoms with van der Waals surface area (Å²) in [6.07, 6.45) is 5.33. The molecule has 0 saturated carbocycles. The molecule has 0 unspecified atom stereocenters. The molecule has 0 bridgehead atoms. The molecule has 1 fully saturated rings. The van der Waals surface area contributed by atoms with E-state index in [0.717, 1.165) is 72.7 Å². The summed E-state index contributed by atoms with van der Waals surface area (Å²) in [5, 5.41) is 2.32. The number of piperazine rings is 1. The van der Waals surface area contributed by atoms with Gasteiger partial charge in [-0.2, -0.15) is 0 Å². The second-order valence-corrected chi connectivity index (χ2v) is 8.68. The lowest BCUT2D eigenvalue weighted by Crippen LogP contribution is -2.46. The maximum absolute atomic E-state index is 12.9. The average Bonchev–Trinajstić information content (AvgIpc) is 2.83. The molecule has 1 aliphatic heterocycles. The summed E-state index contributed by atoms with van der Waals surface area (Å²) in [5.41, 5.74) is 2.70. The maximum Gasteiger partial charge on any atom is 0.262 e. The van der Waals surface area contributed by atoms with Crippen LogP contribution in [-0.4, -0.2) is 52.2 Å². The molecule has 0 N–H and O–H groups in total. The third-order valence-corrected chi connectivity index (χ3v) is 6.57. The predicted molar refractivity (Wildman–Crippen MR) is 152 cm³/mol. The van der Waals surface area contributed by atoms with E-state index in [1.165, 1.54) is 0 Å². The fourth-order valence-electron chi connectivity index (χ4n) is 4.45. The van der Waals surface area contributed by atoms with Crippen molar-refractivity contribution in [2.45, 2.75) is 19.4 Å². The Balaban J connectivity index is 0.00000144. The van der Waals surface area contributed by atoms with Crippen LogP contribution in [-0.2, 0) is 6.54 Å². The second kappa shape index (κ2) is 13.3. The molecule has 188 valence electrons. The van der Waals surface area contributed by atoms with Crippen molar-refractivity contribution >= 4 is 76.3 Å². The minimum Gasteiger partial charge on any atom is -0.368 e. The summed E-state index contributed by atoms with van der Waals surface area (Å²) in [5.74, 6) is 0. The van der Waals surface area contributed by atoms with Crippen LogP contribution >= 0.6 is 48.8 Å². The SMILES string of the molecule is Cl.Cl.Cl.O=c1c2cnc3ccccc3c2ncn1CCCCN1CCN(c2ccccc2Cl)CC1. The van der Waals surface area contributed by atoms with Gasteiger partial charge >= 0.3 is 0 Å². The number of hydrogen-bond acceptors (Lipinski definition) is 5. The number of pyridine rings is 1. The number of fused-ring (bicyclic) bond motifs is 3. The van der Waals surface area contributed by atoms with Crippen molar-refractivity contribution < 1.29 is 0 Å². The van der Waals surface area contributed by atoms with E-state index in [1.807, 2.05) is 42.5 Å². The molecule has 2 aromatic heterocycles. The van der Waals surface area contributed by atoms with Crippen molar-refractivity contribution in [1.29, 1.82) is 0 Å². The van der Waals surface area contributed by atoms with E-state index in [-0.39, 0.29) is 42.8 Å². The van der Waals surface area contributed by atoms with Crippen molar-refractivity contribution in [2.75, 3.05) is 37.6 Å². The van der Waals surface area contributed by atoms with Gasteiger partial charge in [-0.1, -0.05) is 41.9 Å². The Labute approximate surface area is 228 Å². The van der Waals surface area contributed by atoms with Gasteiger partial charge in [0.1, 0.15) is 0 Å². The third kappa shape index (κ3) is 6.38. The standard InChI is InChI=1S/C25H26ClN5O.3ClH/c26-21-8-2-4-10-23(21)30-15-13-29(14-16-30)11-5-6-12-31-18-28-24-19-7-1-3-9-22(19)27-17-20(24)25(31)32;;;/h1-4,7-10,17-18H,5-6,11-16H2;3*1H. The number of rotatable bonds is 6. The van der Waals surface area contributed by atoms with Gasteiger partial charge in [-0.15, -0.1) is 37.2 Å². The first-order chi connectivity index (χ1) is 15.7. The van der Waals surface area contributed by atoms with E-state index in [4.69, 9.17) is 11.6 Å². The van der Waals surface area contributed by atoms with Gasteiger partial charge in [0.05, 0.1) is 33.5 Å². The van der Waals surface area contributed by atoms with Gasteiger partial charge in [-0.3, -0.25) is 19.2 Å². The topological polar surface area (TPSA) is 54.3 Å². The first-order valence-electron chi connectivity index (χ1n) is 11.2. The average molecular weight is 557 g/mol. The fourth-order valence-corrected chi connectivity index (χ4v) is 4.71. The normalized spacial score (nSPS) is 13.7. The highest BCUT2D eigenvalue weighted by atomic mass is 35.5. The van der Waals surface area contributed by atoms with Crippen molar-refractivity contribution in [1.82, 2.24) is 19.4 Å². The Morgan fingerprint density at radius 1 is 0.800 bits per heavy atom. The van der Waals surface area contributed by atoms with E-state index < -0.39 is 0 Å². The van der Waals surface area contributed by atoms with E-state index in [1.54, 1.807) is 17.1 Å². The van der Waals surface area contributed by atoms with Gasteiger partial charge in [0.25, 0.3) is 5.56 Å². The van der Waals surface area contributed by atoms with Crippen molar-refractivity contribution in [2.24, 2.45) is 0 Å². The van der Waals surface area contributed by atoms with Gasteiger partial charge in [0.15, 0.2) is 0 Å². The zero-order valence-corrected chi connectivity index (χ0v) is 22.4. The quantitative estimate of drug-likeness (QED) is 0.233. The van der Waals surface area contributed by atoms with Crippen LogP contribution in [0.1, 0.15) is 12.8 Å². The third-order valence-electron chi connectivity index (χ3n) is 6.25. The zero-order chi connectivity index (χ0) is 21.9. The zero-order valence-electron chi connectivity index (χ0n) is 19.2. The summed E-state index contributed by atoms with van der Waals surface area (Å²) in [6.45, 7) is 5.74. The van der Waals surface area contributed by atoms with Crippen LogP contribution in [0.5, 0.6) is 0 Å². The molecule has 2 aromatic carbocycles. The number of hydrogen-bond donors (Lipinski definition) is 0. The summed E-state index contributed by atoms with van der Waals surface area (Å²) >= 11 is 6.34. The lowest BCUT2D eigenvalue weighted by Gasteiger charge is -2.36. The van der Waals surface area contributed by atoms with Crippen LogP contribution in [0.4, 0.5) is 5.69 Å². The monoisotopic (exact) mass is 555 g/mol. The van der Waals surface area contributed by atoms with Crippen molar-refractivity contribution in [3.8, 4) is 0 Å². The predicted octanol–water partition coefficient (Wildman–Crippen LogP) is 5.47. The molecule has 1 aliphatic rings. The van der Waals surface area contributed by atoms with Gasteiger partial charge < -0.3 is 4.90 Å². The Kier molecular flexibility index (Phi) is 11.1. The molecule has 0 aliphatic carbocycles. The first-order valence-corrected chi connectivity index (χ1v) is 11.5. The summed E-state index contributed by atoms with van der Waals surface area (Å²) in [7, 11) is 0. The first kappa shape index (κ1) is 29.1. The second-order valence-electron chi connectivity index (χ2n) is 8.27. The lowest BCUT2D eigenvalue weighted by atomic mass is 10.1. The van der Waals surface area contributed by atoms with E-state index in [9.17, 15) is 4.79 Å². The minimum absolute atomic E-state index is 0. The van der Waals surface area contributed by atoms with Crippen LogP contribution in [0.3, 0.4) is 0 Å². The fraction of sp³-hybridized carbons (Fsp3) is 0.320. The number of anilines is 1. The highest BCUT2D eigenvalue weighted by molar-refractivity contribution is 6.33. The van der Waals surface area contributed by atoms with Crippen LogP contribution in [0.2, 0.25) is 5.02 Å². The molecule has 10 heteroatoms. The van der Waals surface area contributed by atoms with E-state index in [2.05, 4.69) is 25.8 Å². The molecule has 5 rings (SSSR count). The number of unbranched alkanes of at least 4 members (excludes halogenated alkanes) is 1. The van der Waals surface area contributed by atoms with Crippen LogP contribution in [0.15, 0.2) is 65.8 Å². The van der Waals surface area contributed by atoms with Crippen LogP contribution in [0.25, 0.3) is 21.8 Å².